The Labute approximate surface area is 131 Å². The highest BCUT2D eigenvalue weighted by Gasteiger charge is 2.26. The number of carbonyl (C=O) groups is 1. The van der Waals surface area contributed by atoms with E-state index in [1.54, 1.807) is 0 Å². The Morgan fingerprint density at radius 1 is 1.18 bits per heavy atom. The number of aliphatic hydroxyl groups excluding tert-OH is 1. The smallest absolute Gasteiger partial charge is 0.227 e. The lowest BCUT2D eigenvalue weighted by Crippen LogP contribution is -2.38. The number of fused-ring (bicyclic) bond motifs is 1. The molecule has 1 saturated heterocycles. The fraction of sp³-hybridized carbons (Fsp3) is 0.588. The van der Waals surface area contributed by atoms with Crippen molar-refractivity contribution in [3.05, 3.63) is 23.3 Å². The maximum Gasteiger partial charge on any atom is 0.227 e. The molecule has 0 aliphatic carbocycles. The maximum atomic E-state index is 12.2. The van der Waals surface area contributed by atoms with Crippen LogP contribution in [-0.2, 0) is 16.0 Å². The summed E-state index contributed by atoms with van der Waals surface area (Å²) in [5.74, 6) is 0.165. The van der Waals surface area contributed by atoms with Crippen molar-refractivity contribution in [2.75, 3.05) is 49.3 Å². The fourth-order valence-electron chi connectivity index (χ4n) is 3.33. The highest BCUT2D eigenvalue weighted by molar-refractivity contribution is 5.97. The van der Waals surface area contributed by atoms with Crippen molar-refractivity contribution in [2.24, 2.45) is 0 Å². The maximum absolute atomic E-state index is 12.2. The predicted molar refractivity (Wildman–Crippen MR) is 86.6 cm³/mol. The summed E-state index contributed by atoms with van der Waals surface area (Å²) in [6.45, 7) is 6.14. The second kappa shape index (κ2) is 6.67. The second-order valence-electron chi connectivity index (χ2n) is 5.99. The van der Waals surface area contributed by atoms with Gasteiger partial charge in [-0.15, -0.1) is 0 Å². The summed E-state index contributed by atoms with van der Waals surface area (Å²) in [5.41, 5.74) is 4.73. The fourth-order valence-corrected chi connectivity index (χ4v) is 3.33. The summed E-state index contributed by atoms with van der Waals surface area (Å²) in [6, 6.07) is 4.38. The quantitative estimate of drug-likeness (QED) is 0.916. The molecular formula is C17H24N2O3. The van der Waals surface area contributed by atoms with Gasteiger partial charge >= 0.3 is 0 Å². The Morgan fingerprint density at radius 2 is 1.95 bits per heavy atom. The topological polar surface area (TPSA) is 53.0 Å². The van der Waals surface area contributed by atoms with E-state index >= 15 is 0 Å². The molecule has 120 valence electrons. The zero-order valence-corrected chi connectivity index (χ0v) is 13.2. The molecule has 0 radical (unpaired) electrons. The van der Waals surface area contributed by atoms with Gasteiger partial charge in [-0.3, -0.25) is 4.79 Å². The normalized spacial score (nSPS) is 18.5. The molecule has 1 aromatic carbocycles. The Morgan fingerprint density at radius 3 is 2.68 bits per heavy atom. The van der Waals surface area contributed by atoms with Crippen molar-refractivity contribution < 1.29 is 14.6 Å². The molecule has 2 aliphatic heterocycles. The van der Waals surface area contributed by atoms with Crippen LogP contribution in [0.4, 0.5) is 11.4 Å². The Balaban J connectivity index is 1.94. The van der Waals surface area contributed by atoms with E-state index < -0.39 is 0 Å². The molecule has 2 aliphatic rings. The van der Waals surface area contributed by atoms with Crippen LogP contribution in [0.15, 0.2) is 12.1 Å². The summed E-state index contributed by atoms with van der Waals surface area (Å²) < 4.78 is 5.43. The van der Waals surface area contributed by atoms with Crippen LogP contribution in [0.2, 0.25) is 0 Å². The van der Waals surface area contributed by atoms with Crippen molar-refractivity contribution in [3.8, 4) is 0 Å². The standard InChI is InChI=1S/C17H24N2O3/c1-13-11-14-3-4-17(21)19(5-2-8-20)16(14)12-15(13)18-6-9-22-10-7-18/h11-12,20H,2-10H2,1H3. The molecule has 22 heavy (non-hydrogen) atoms. The zero-order chi connectivity index (χ0) is 15.5. The number of rotatable bonds is 4. The van der Waals surface area contributed by atoms with Gasteiger partial charge in [0, 0.05) is 44.0 Å². The number of morpholine rings is 1. The van der Waals surface area contributed by atoms with Gasteiger partial charge in [-0.25, -0.2) is 0 Å². The van der Waals surface area contributed by atoms with Crippen molar-refractivity contribution in [1.82, 2.24) is 0 Å². The lowest BCUT2D eigenvalue weighted by Gasteiger charge is -2.34. The molecule has 0 atom stereocenters. The van der Waals surface area contributed by atoms with E-state index in [0.717, 1.165) is 38.4 Å². The highest BCUT2D eigenvalue weighted by Crippen LogP contribution is 2.35. The molecule has 1 fully saturated rings. The number of hydrogen-bond acceptors (Lipinski definition) is 4. The van der Waals surface area contributed by atoms with Crippen LogP contribution in [0, 0.1) is 6.92 Å². The molecule has 0 unspecified atom stereocenters. The minimum atomic E-state index is 0.112. The van der Waals surface area contributed by atoms with E-state index in [1.807, 2.05) is 4.90 Å². The predicted octanol–water partition coefficient (Wildman–Crippen LogP) is 1.49. The molecule has 5 nitrogen and oxygen atoms in total. The average Bonchev–Trinajstić information content (AvgIpc) is 2.54. The molecule has 3 rings (SSSR count). The summed E-state index contributed by atoms with van der Waals surface area (Å²) in [5, 5.41) is 9.07. The van der Waals surface area contributed by atoms with E-state index in [4.69, 9.17) is 9.84 Å². The van der Waals surface area contributed by atoms with Crippen LogP contribution >= 0.6 is 0 Å². The Hall–Kier alpha value is -1.59. The number of amides is 1. The number of ether oxygens (including phenoxy) is 1. The summed E-state index contributed by atoms with van der Waals surface area (Å²) >= 11 is 0. The van der Waals surface area contributed by atoms with Gasteiger partial charge in [0.05, 0.1) is 13.2 Å². The number of benzene rings is 1. The molecule has 1 N–H and O–H groups in total. The first-order valence-corrected chi connectivity index (χ1v) is 8.08. The molecule has 0 saturated carbocycles. The minimum absolute atomic E-state index is 0.112. The van der Waals surface area contributed by atoms with Gasteiger partial charge in [-0.1, -0.05) is 6.07 Å². The van der Waals surface area contributed by atoms with E-state index in [1.165, 1.54) is 16.8 Å². The third-order valence-electron chi connectivity index (χ3n) is 4.49. The summed E-state index contributed by atoms with van der Waals surface area (Å²) in [7, 11) is 0. The molecule has 2 heterocycles. The number of hydrogen-bond donors (Lipinski definition) is 1. The second-order valence-corrected chi connectivity index (χ2v) is 5.99. The van der Waals surface area contributed by atoms with E-state index in [9.17, 15) is 4.79 Å². The monoisotopic (exact) mass is 304 g/mol. The number of carbonyl (C=O) groups excluding carboxylic acids is 1. The average molecular weight is 304 g/mol. The van der Waals surface area contributed by atoms with Crippen molar-refractivity contribution in [2.45, 2.75) is 26.2 Å². The van der Waals surface area contributed by atoms with Crippen LogP contribution in [-0.4, -0.2) is 50.5 Å². The number of aryl methyl sites for hydroxylation is 2. The third kappa shape index (κ3) is 2.96. The van der Waals surface area contributed by atoms with Gasteiger partial charge in [0.1, 0.15) is 0 Å². The summed E-state index contributed by atoms with van der Waals surface area (Å²) in [4.78, 5) is 16.4. The Kier molecular flexibility index (Phi) is 4.64. The largest absolute Gasteiger partial charge is 0.396 e. The van der Waals surface area contributed by atoms with Crippen LogP contribution in [0.1, 0.15) is 24.0 Å². The molecule has 5 heteroatoms. The SMILES string of the molecule is Cc1cc2c(cc1N1CCOCC1)N(CCCO)C(=O)CC2. The van der Waals surface area contributed by atoms with Gasteiger partial charge in [-0.2, -0.15) is 0 Å². The van der Waals surface area contributed by atoms with Crippen molar-refractivity contribution >= 4 is 17.3 Å². The molecule has 1 amide bonds. The lowest BCUT2D eigenvalue weighted by molar-refractivity contribution is -0.118. The minimum Gasteiger partial charge on any atom is -0.396 e. The van der Waals surface area contributed by atoms with Crippen LogP contribution in [0.5, 0.6) is 0 Å². The number of nitrogens with zero attached hydrogens (tertiary/aromatic N) is 2. The Bertz CT molecular complexity index is 553. The highest BCUT2D eigenvalue weighted by atomic mass is 16.5. The van der Waals surface area contributed by atoms with E-state index in [2.05, 4.69) is 24.0 Å². The van der Waals surface area contributed by atoms with Crippen LogP contribution < -0.4 is 9.80 Å². The van der Waals surface area contributed by atoms with E-state index in [0.29, 0.717) is 19.4 Å². The first-order valence-electron chi connectivity index (χ1n) is 8.08. The molecule has 0 bridgehead atoms. The van der Waals surface area contributed by atoms with E-state index in [-0.39, 0.29) is 12.5 Å². The molecule has 0 spiro atoms. The summed E-state index contributed by atoms with van der Waals surface area (Å²) in [6.07, 6.45) is 1.99. The molecular weight excluding hydrogens is 280 g/mol. The van der Waals surface area contributed by atoms with Gasteiger partial charge in [0.25, 0.3) is 0 Å². The number of aliphatic hydroxyl groups is 1. The third-order valence-corrected chi connectivity index (χ3v) is 4.49. The first kappa shape index (κ1) is 15.3. The lowest BCUT2D eigenvalue weighted by atomic mass is 9.97. The van der Waals surface area contributed by atoms with Gasteiger partial charge < -0.3 is 19.6 Å². The van der Waals surface area contributed by atoms with Crippen LogP contribution in [0.3, 0.4) is 0 Å². The van der Waals surface area contributed by atoms with Gasteiger partial charge in [-0.05, 0) is 37.0 Å². The van der Waals surface area contributed by atoms with Crippen molar-refractivity contribution in [3.63, 3.8) is 0 Å². The van der Waals surface area contributed by atoms with Gasteiger partial charge in [0.2, 0.25) is 5.91 Å². The molecule has 1 aromatic rings. The van der Waals surface area contributed by atoms with Crippen molar-refractivity contribution in [1.29, 1.82) is 0 Å². The number of anilines is 2. The van der Waals surface area contributed by atoms with Crippen LogP contribution in [0.25, 0.3) is 0 Å². The van der Waals surface area contributed by atoms with Gasteiger partial charge in [0.15, 0.2) is 0 Å². The first-order chi connectivity index (χ1) is 10.7. The zero-order valence-electron chi connectivity index (χ0n) is 13.2. The molecule has 0 aromatic heterocycles.